The van der Waals surface area contributed by atoms with Gasteiger partial charge in [-0.2, -0.15) is 5.10 Å². The van der Waals surface area contributed by atoms with E-state index in [1.54, 1.807) is 0 Å². The number of hydrogen-bond donors (Lipinski definition) is 0. The molecule has 0 unspecified atom stereocenters. The third-order valence-electron chi connectivity index (χ3n) is 3.51. The van der Waals surface area contributed by atoms with Crippen LogP contribution in [0.25, 0.3) is 0 Å². The van der Waals surface area contributed by atoms with Crippen LogP contribution in [0.5, 0.6) is 0 Å². The molecule has 16 heavy (non-hydrogen) atoms. The molecule has 0 atom stereocenters. The van der Waals surface area contributed by atoms with E-state index in [1.165, 1.54) is 30.5 Å². The summed E-state index contributed by atoms with van der Waals surface area (Å²) in [6.45, 7) is 7.99. The first kappa shape index (κ1) is 10.2. The summed E-state index contributed by atoms with van der Waals surface area (Å²) >= 11 is 0. The fourth-order valence-electron chi connectivity index (χ4n) is 2.33. The van der Waals surface area contributed by atoms with Crippen LogP contribution < -0.4 is 0 Å². The van der Waals surface area contributed by atoms with Crippen molar-refractivity contribution in [2.45, 2.75) is 45.4 Å². The van der Waals surface area contributed by atoms with Gasteiger partial charge in [-0.3, -0.25) is 4.68 Å². The van der Waals surface area contributed by atoms with Crippen molar-refractivity contribution in [2.75, 3.05) is 0 Å². The summed E-state index contributed by atoms with van der Waals surface area (Å²) in [4.78, 5) is 0. The van der Waals surface area contributed by atoms with Crippen molar-refractivity contribution in [2.24, 2.45) is 5.41 Å². The van der Waals surface area contributed by atoms with Gasteiger partial charge in [0.05, 0.1) is 17.5 Å². The molecular formula is C13H18N2Si. The van der Waals surface area contributed by atoms with Crippen molar-refractivity contribution in [3.63, 3.8) is 0 Å². The Balaban J connectivity index is 1.90. The van der Waals surface area contributed by atoms with E-state index in [0.29, 0.717) is 5.41 Å². The molecule has 1 aliphatic heterocycles. The third-order valence-corrected chi connectivity index (χ3v) is 4.38. The van der Waals surface area contributed by atoms with Crippen molar-refractivity contribution in [3.8, 4) is 11.5 Å². The smallest absolute Gasteiger partial charge is 0.129 e. The molecule has 2 heterocycles. The highest BCUT2D eigenvalue weighted by Crippen LogP contribution is 2.53. The summed E-state index contributed by atoms with van der Waals surface area (Å²) in [5.74, 6) is 3.36. The van der Waals surface area contributed by atoms with Crippen LogP contribution in [0.2, 0.25) is 19.6 Å². The van der Waals surface area contributed by atoms with E-state index in [4.69, 9.17) is 0 Å². The molecule has 0 amide bonds. The van der Waals surface area contributed by atoms with Gasteiger partial charge < -0.3 is 0 Å². The Kier molecular flexibility index (Phi) is 1.91. The first-order chi connectivity index (χ1) is 7.48. The predicted molar refractivity (Wildman–Crippen MR) is 67.8 cm³/mol. The third kappa shape index (κ3) is 1.71. The summed E-state index contributed by atoms with van der Waals surface area (Å²) in [5, 5.41) is 4.46. The molecule has 84 valence electrons. The van der Waals surface area contributed by atoms with E-state index in [1.807, 2.05) is 6.20 Å². The fourth-order valence-corrected chi connectivity index (χ4v) is 2.84. The lowest BCUT2D eigenvalue weighted by Crippen LogP contribution is -2.16. The zero-order valence-corrected chi connectivity index (χ0v) is 11.3. The lowest BCUT2D eigenvalue weighted by atomic mass is 10.0. The van der Waals surface area contributed by atoms with Crippen LogP contribution in [0.3, 0.4) is 0 Å². The molecule has 1 aliphatic carbocycles. The molecule has 0 radical (unpaired) electrons. The maximum absolute atomic E-state index is 4.46. The molecule has 2 nitrogen and oxygen atoms in total. The SMILES string of the molecule is C[Si](C)(C)C#Cc1cnn2c1CC1(CC1)C2. The number of aromatic nitrogens is 2. The van der Waals surface area contributed by atoms with Crippen molar-refractivity contribution < 1.29 is 0 Å². The van der Waals surface area contributed by atoms with Crippen LogP contribution in [0, 0.1) is 16.9 Å². The van der Waals surface area contributed by atoms with Gasteiger partial charge in [0.15, 0.2) is 0 Å². The van der Waals surface area contributed by atoms with Crippen molar-refractivity contribution in [1.82, 2.24) is 9.78 Å². The van der Waals surface area contributed by atoms with Gasteiger partial charge in [0.2, 0.25) is 0 Å². The molecule has 1 aromatic heterocycles. The van der Waals surface area contributed by atoms with Crippen molar-refractivity contribution in [1.29, 1.82) is 0 Å². The summed E-state index contributed by atoms with van der Waals surface area (Å²) in [6.07, 6.45) is 5.94. The van der Waals surface area contributed by atoms with Gasteiger partial charge in [-0.15, -0.1) is 5.54 Å². The van der Waals surface area contributed by atoms with Gasteiger partial charge in [-0.25, -0.2) is 0 Å². The van der Waals surface area contributed by atoms with Crippen LogP contribution in [-0.4, -0.2) is 17.9 Å². The van der Waals surface area contributed by atoms with Crippen molar-refractivity contribution in [3.05, 3.63) is 17.5 Å². The minimum Gasteiger partial charge on any atom is -0.268 e. The summed E-state index contributed by atoms with van der Waals surface area (Å²) in [5.41, 5.74) is 6.61. The second-order valence-corrected chi connectivity index (χ2v) is 11.1. The van der Waals surface area contributed by atoms with Crippen LogP contribution in [-0.2, 0) is 13.0 Å². The summed E-state index contributed by atoms with van der Waals surface area (Å²) < 4.78 is 2.18. The van der Waals surface area contributed by atoms with Crippen molar-refractivity contribution >= 4 is 8.07 Å². The number of fused-ring (bicyclic) bond motifs is 1. The molecule has 2 aliphatic rings. The second kappa shape index (κ2) is 3.01. The molecular weight excluding hydrogens is 212 g/mol. The van der Waals surface area contributed by atoms with Crippen LogP contribution in [0.1, 0.15) is 24.1 Å². The van der Waals surface area contributed by atoms with Gasteiger partial charge in [0.25, 0.3) is 0 Å². The molecule has 1 aromatic rings. The zero-order chi connectivity index (χ0) is 11.4. The van der Waals surface area contributed by atoms with E-state index in [2.05, 4.69) is 40.9 Å². The van der Waals surface area contributed by atoms with Gasteiger partial charge >= 0.3 is 0 Å². The van der Waals surface area contributed by atoms with E-state index in [9.17, 15) is 0 Å². The zero-order valence-electron chi connectivity index (χ0n) is 10.3. The van der Waals surface area contributed by atoms with E-state index >= 15 is 0 Å². The highest BCUT2D eigenvalue weighted by molar-refractivity contribution is 6.83. The lowest BCUT2D eigenvalue weighted by molar-refractivity contribution is 0.471. The summed E-state index contributed by atoms with van der Waals surface area (Å²) in [6, 6.07) is 0. The standard InChI is InChI=1S/C13H18N2Si/c1-16(2,3)7-4-11-9-14-15-10-13(5-6-13)8-12(11)15/h9H,5-6,8,10H2,1-3H3. The number of rotatable bonds is 0. The topological polar surface area (TPSA) is 17.8 Å². The molecule has 0 aromatic carbocycles. The molecule has 1 spiro atoms. The Morgan fingerprint density at radius 2 is 2.12 bits per heavy atom. The Morgan fingerprint density at radius 3 is 2.75 bits per heavy atom. The fraction of sp³-hybridized carbons (Fsp3) is 0.615. The highest BCUT2D eigenvalue weighted by atomic mass is 28.3. The van der Waals surface area contributed by atoms with Crippen LogP contribution in [0.15, 0.2) is 6.20 Å². The van der Waals surface area contributed by atoms with E-state index in [0.717, 1.165) is 6.54 Å². The van der Waals surface area contributed by atoms with Crippen LogP contribution in [0.4, 0.5) is 0 Å². The maximum Gasteiger partial charge on any atom is 0.129 e. The molecule has 0 bridgehead atoms. The van der Waals surface area contributed by atoms with Gasteiger partial charge in [-0.05, 0) is 24.7 Å². The minimum absolute atomic E-state index is 0.596. The minimum atomic E-state index is -1.26. The average molecular weight is 230 g/mol. The number of nitrogens with zero attached hydrogens (tertiary/aromatic N) is 2. The first-order valence-electron chi connectivity index (χ1n) is 6.05. The van der Waals surface area contributed by atoms with Gasteiger partial charge in [-0.1, -0.05) is 25.6 Å². The van der Waals surface area contributed by atoms with E-state index < -0.39 is 8.07 Å². The van der Waals surface area contributed by atoms with Crippen LogP contribution >= 0.6 is 0 Å². The average Bonchev–Trinajstić information content (AvgIpc) is 2.63. The maximum atomic E-state index is 4.46. The second-order valence-electron chi connectivity index (χ2n) is 6.34. The number of hydrogen-bond acceptors (Lipinski definition) is 1. The molecule has 3 heteroatoms. The monoisotopic (exact) mass is 230 g/mol. The molecule has 3 rings (SSSR count). The Labute approximate surface area is 98.1 Å². The quantitative estimate of drug-likeness (QED) is 0.494. The molecule has 1 fully saturated rings. The predicted octanol–water partition coefficient (Wildman–Crippen LogP) is 2.45. The largest absolute Gasteiger partial charge is 0.268 e. The Hall–Kier alpha value is -1.01. The normalized spacial score (nSPS) is 20.4. The van der Waals surface area contributed by atoms with E-state index in [-0.39, 0.29) is 0 Å². The Morgan fingerprint density at radius 1 is 1.38 bits per heavy atom. The molecule has 1 saturated carbocycles. The first-order valence-corrected chi connectivity index (χ1v) is 9.55. The molecule has 0 N–H and O–H groups in total. The molecule has 0 saturated heterocycles. The highest BCUT2D eigenvalue weighted by Gasteiger charge is 2.48. The van der Waals surface area contributed by atoms with Gasteiger partial charge in [0, 0.05) is 6.54 Å². The summed E-state index contributed by atoms with van der Waals surface area (Å²) in [7, 11) is -1.26. The van der Waals surface area contributed by atoms with Gasteiger partial charge in [0.1, 0.15) is 8.07 Å². The Bertz CT molecular complexity index is 492. The lowest BCUT2D eigenvalue weighted by Gasteiger charge is -2.03.